The highest BCUT2D eigenvalue weighted by molar-refractivity contribution is 6.74. The second-order valence-electron chi connectivity index (χ2n) is 12.9. The summed E-state index contributed by atoms with van der Waals surface area (Å²) in [5.74, 6) is 0.313. The lowest BCUT2D eigenvalue weighted by molar-refractivity contribution is -0.150. The Hall–Kier alpha value is -3.60. The maximum atomic E-state index is 14.2. The number of ether oxygens (including phenoxy) is 3. The van der Waals surface area contributed by atoms with Crippen LogP contribution < -0.4 is 19.9 Å². The molecule has 0 radical (unpaired) electrons. The van der Waals surface area contributed by atoms with Crippen LogP contribution in [0.4, 0.5) is 5.69 Å². The Labute approximate surface area is 253 Å². The standard InChI is InChI=1S/C33H42N2O7Si/c1-32(2,3)43(7,8)42-18-33(31(38)41-6)26(14-20-9-11-23(39-4)16-28(20)40-5)25-17-24-22(15-27(25)35(33)19-36)13-21-10-12-29(37)34-30(21)24/h9-12,15-17,26,36H,13-14,18-19H2,1-8H3,(H,34,37). The predicted molar refractivity (Wildman–Crippen MR) is 169 cm³/mol. The molecule has 2 aliphatic rings. The number of nitrogens with zero attached hydrogens (tertiary/aromatic N) is 1. The van der Waals surface area contributed by atoms with Crippen molar-refractivity contribution in [2.45, 2.75) is 63.2 Å². The van der Waals surface area contributed by atoms with E-state index in [1.165, 1.54) is 13.2 Å². The topological polar surface area (TPSA) is 110 Å². The number of pyridine rings is 1. The zero-order chi connectivity index (χ0) is 31.3. The van der Waals surface area contributed by atoms with Crippen LogP contribution in [0.15, 0.2) is 47.3 Å². The summed E-state index contributed by atoms with van der Waals surface area (Å²) in [5.41, 5.74) is 4.70. The van der Waals surface area contributed by atoms with E-state index in [0.29, 0.717) is 24.3 Å². The van der Waals surface area contributed by atoms with Gasteiger partial charge in [-0.1, -0.05) is 32.9 Å². The van der Waals surface area contributed by atoms with Crippen LogP contribution in [0.3, 0.4) is 0 Å². The summed E-state index contributed by atoms with van der Waals surface area (Å²) < 4.78 is 23.5. The largest absolute Gasteiger partial charge is 0.497 e. The molecule has 0 amide bonds. The SMILES string of the molecule is COC(=O)C1(CO[Si](C)(C)C(C)(C)C)C(Cc2ccc(OC)cc2OC)c2cc3c(cc2N1CO)Cc1ccc(=O)[nH]c1-3. The number of fused-ring (bicyclic) bond motifs is 4. The van der Waals surface area contributed by atoms with Gasteiger partial charge >= 0.3 is 5.97 Å². The van der Waals surface area contributed by atoms with Gasteiger partial charge in [0, 0.05) is 35.7 Å². The molecule has 2 unspecified atom stereocenters. The molecule has 10 heteroatoms. The molecule has 0 saturated heterocycles. The number of aliphatic hydroxyl groups excluding tert-OH is 1. The fourth-order valence-electron chi connectivity index (χ4n) is 6.19. The van der Waals surface area contributed by atoms with E-state index < -0.39 is 32.5 Å². The lowest BCUT2D eigenvalue weighted by Gasteiger charge is -2.44. The molecule has 2 heterocycles. The van der Waals surface area contributed by atoms with Gasteiger partial charge in [-0.05, 0) is 65.0 Å². The Morgan fingerprint density at radius 2 is 1.81 bits per heavy atom. The number of aliphatic hydroxyl groups is 1. The third kappa shape index (κ3) is 5.05. The smallest absolute Gasteiger partial charge is 0.334 e. The Morgan fingerprint density at radius 3 is 2.44 bits per heavy atom. The number of esters is 1. The van der Waals surface area contributed by atoms with Crippen LogP contribution in [0.25, 0.3) is 11.3 Å². The number of benzene rings is 2. The maximum absolute atomic E-state index is 14.2. The number of aromatic nitrogens is 1. The van der Waals surface area contributed by atoms with E-state index in [9.17, 15) is 14.7 Å². The van der Waals surface area contributed by atoms with Crippen molar-refractivity contribution in [3.05, 3.63) is 75.1 Å². The van der Waals surface area contributed by atoms with Crippen molar-refractivity contribution in [2.75, 3.05) is 39.6 Å². The van der Waals surface area contributed by atoms with Crippen molar-refractivity contribution < 1.29 is 28.5 Å². The maximum Gasteiger partial charge on any atom is 0.334 e. The summed E-state index contributed by atoms with van der Waals surface area (Å²) in [4.78, 5) is 31.2. The van der Waals surface area contributed by atoms with Gasteiger partial charge in [0.15, 0.2) is 13.9 Å². The molecule has 0 bridgehead atoms. The van der Waals surface area contributed by atoms with Gasteiger partial charge in [-0.2, -0.15) is 0 Å². The van der Waals surface area contributed by atoms with Crippen LogP contribution in [0.5, 0.6) is 11.5 Å². The number of methoxy groups -OCH3 is 3. The molecule has 5 rings (SSSR count). The predicted octanol–water partition coefficient (Wildman–Crippen LogP) is 4.99. The van der Waals surface area contributed by atoms with Crippen LogP contribution in [0.2, 0.25) is 18.1 Å². The van der Waals surface area contributed by atoms with Gasteiger partial charge in [-0.3, -0.25) is 4.79 Å². The molecule has 9 nitrogen and oxygen atoms in total. The van der Waals surface area contributed by atoms with E-state index in [0.717, 1.165) is 39.2 Å². The van der Waals surface area contributed by atoms with Crippen LogP contribution in [0, 0.1) is 0 Å². The minimum atomic E-state index is -2.34. The van der Waals surface area contributed by atoms with Crippen molar-refractivity contribution >= 4 is 20.0 Å². The van der Waals surface area contributed by atoms with Crippen LogP contribution >= 0.6 is 0 Å². The number of carbonyl (C=O) groups excluding carboxylic acids is 1. The molecule has 1 aromatic heterocycles. The molecular weight excluding hydrogens is 564 g/mol. The summed E-state index contributed by atoms with van der Waals surface area (Å²) in [5, 5.41) is 10.9. The third-order valence-electron chi connectivity index (χ3n) is 9.69. The van der Waals surface area contributed by atoms with Crippen LogP contribution in [-0.4, -0.2) is 64.6 Å². The first-order chi connectivity index (χ1) is 20.3. The molecule has 0 spiro atoms. The summed E-state index contributed by atoms with van der Waals surface area (Å²) in [6, 6.07) is 13.1. The van der Waals surface area contributed by atoms with Gasteiger partial charge in [-0.15, -0.1) is 0 Å². The molecule has 0 fully saturated rings. The lowest BCUT2D eigenvalue weighted by atomic mass is 9.78. The second-order valence-corrected chi connectivity index (χ2v) is 17.7. The van der Waals surface area contributed by atoms with Crippen LogP contribution in [0.1, 0.15) is 48.9 Å². The monoisotopic (exact) mass is 606 g/mol. The van der Waals surface area contributed by atoms with Crippen molar-refractivity contribution in [1.82, 2.24) is 4.98 Å². The number of hydrogen-bond donors (Lipinski definition) is 2. The molecule has 2 atom stereocenters. The zero-order valence-corrected chi connectivity index (χ0v) is 27.3. The Bertz CT molecular complexity index is 1610. The molecular formula is C33H42N2O7Si. The molecule has 3 aromatic rings. The van der Waals surface area contributed by atoms with Crippen LogP contribution in [-0.2, 0) is 26.8 Å². The van der Waals surface area contributed by atoms with Gasteiger partial charge in [0.25, 0.3) is 0 Å². The number of carbonyl (C=O) groups is 1. The molecule has 1 aliphatic carbocycles. The molecule has 0 saturated carbocycles. The average molecular weight is 607 g/mol. The average Bonchev–Trinajstić information content (AvgIpc) is 3.45. The highest BCUT2D eigenvalue weighted by atomic mass is 28.4. The molecule has 2 aromatic carbocycles. The first kappa shape index (κ1) is 30.8. The summed E-state index contributed by atoms with van der Waals surface area (Å²) in [6.45, 7) is 10.4. The van der Waals surface area contributed by atoms with E-state index in [1.807, 2.05) is 30.3 Å². The molecule has 1 aliphatic heterocycles. The Balaban J connectivity index is 1.73. The highest BCUT2D eigenvalue weighted by Crippen LogP contribution is 2.54. The van der Waals surface area contributed by atoms with Crippen molar-refractivity contribution in [3.63, 3.8) is 0 Å². The minimum absolute atomic E-state index is 0.0344. The van der Waals surface area contributed by atoms with Crippen molar-refractivity contribution in [2.24, 2.45) is 0 Å². The fourth-order valence-corrected chi connectivity index (χ4v) is 7.21. The fraction of sp³-hybridized carbons (Fsp3) is 0.455. The number of H-pyrrole nitrogens is 1. The summed E-state index contributed by atoms with van der Waals surface area (Å²) in [6.07, 6.45) is 1.03. The van der Waals surface area contributed by atoms with E-state index in [1.54, 1.807) is 19.1 Å². The lowest BCUT2D eigenvalue weighted by Crippen LogP contribution is -2.61. The number of anilines is 1. The molecule has 230 valence electrons. The van der Waals surface area contributed by atoms with Gasteiger partial charge in [0.05, 0.1) is 33.6 Å². The third-order valence-corrected chi connectivity index (χ3v) is 14.2. The number of aromatic amines is 1. The van der Waals surface area contributed by atoms with E-state index in [4.69, 9.17) is 18.6 Å². The minimum Gasteiger partial charge on any atom is -0.497 e. The van der Waals surface area contributed by atoms with E-state index in [-0.39, 0.29) is 17.2 Å². The zero-order valence-electron chi connectivity index (χ0n) is 26.3. The van der Waals surface area contributed by atoms with E-state index >= 15 is 0 Å². The van der Waals surface area contributed by atoms with Gasteiger partial charge in [0.2, 0.25) is 5.56 Å². The first-order valence-corrected chi connectivity index (χ1v) is 17.4. The summed E-state index contributed by atoms with van der Waals surface area (Å²) >= 11 is 0. The van der Waals surface area contributed by atoms with Crippen molar-refractivity contribution in [3.8, 4) is 22.8 Å². The van der Waals surface area contributed by atoms with Gasteiger partial charge in [0.1, 0.15) is 18.2 Å². The summed E-state index contributed by atoms with van der Waals surface area (Å²) in [7, 11) is 2.24. The van der Waals surface area contributed by atoms with Crippen molar-refractivity contribution in [1.29, 1.82) is 0 Å². The van der Waals surface area contributed by atoms with E-state index in [2.05, 4.69) is 44.9 Å². The normalized spacial score (nSPS) is 19.1. The number of rotatable bonds is 9. The highest BCUT2D eigenvalue weighted by Gasteiger charge is 2.59. The second kappa shape index (κ2) is 11.2. The number of nitrogens with one attached hydrogen (secondary N) is 1. The molecule has 43 heavy (non-hydrogen) atoms. The Morgan fingerprint density at radius 1 is 1.07 bits per heavy atom. The quantitative estimate of drug-likeness (QED) is 0.203. The van der Waals surface area contributed by atoms with Gasteiger partial charge < -0.3 is 33.6 Å². The van der Waals surface area contributed by atoms with Gasteiger partial charge in [-0.25, -0.2) is 4.79 Å². The first-order valence-electron chi connectivity index (χ1n) is 14.5. The molecule has 2 N–H and O–H groups in total. The Kier molecular flexibility index (Phi) is 8.00. The number of hydrogen-bond acceptors (Lipinski definition) is 8.